The zero-order chi connectivity index (χ0) is 16.8. The molecule has 1 unspecified atom stereocenters. The van der Waals surface area contributed by atoms with Crippen molar-refractivity contribution in [3.63, 3.8) is 0 Å². The predicted octanol–water partition coefficient (Wildman–Crippen LogP) is 4.11. The van der Waals surface area contributed by atoms with Gasteiger partial charge in [-0.1, -0.05) is 17.7 Å². The fourth-order valence-electron chi connectivity index (χ4n) is 2.70. The molecule has 24 heavy (non-hydrogen) atoms. The molecule has 0 bridgehead atoms. The highest BCUT2D eigenvalue weighted by Gasteiger charge is 2.21. The van der Waals surface area contributed by atoms with Gasteiger partial charge in [-0.2, -0.15) is 0 Å². The van der Waals surface area contributed by atoms with E-state index < -0.39 is 0 Å². The second-order valence-corrected chi connectivity index (χ2v) is 6.64. The minimum atomic E-state index is 0.228. The van der Waals surface area contributed by atoms with Crippen LogP contribution in [0, 0.1) is 0 Å². The van der Waals surface area contributed by atoms with Crippen molar-refractivity contribution in [1.29, 1.82) is 0 Å². The number of benzene rings is 1. The summed E-state index contributed by atoms with van der Waals surface area (Å²) in [6.07, 6.45) is 6.06. The summed E-state index contributed by atoms with van der Waals surface area (Å²) in [5.74, 6) is 0. The Morgan fingerprint density at radius 3 is 2.83 bits per heavy atom. The first-order chi connectivity index (χ1) is 11.7. The molecule has 1 aliphatic heterocycles. The van der Waals surface area contributed by atoms with Crippen molar-refractivity contribution in [3.8, 4) is 0 Å². The van der Waals surface area contributed by atoms with Crippen molar-refractivity contribution in [2.24, 2.45) is 0 Å². The Bertz CT molecular complexity index is 660. The molecule has 126 valence electrons. The number of ether oxygens (including phenoxy) is 1. The smallest absolute Gasteiger partial charge is 0.173 e. The third kappa shape index (κ3) is 4.90. The van der Waals surface area contributed by atoms with E-state index in [4.69, 9.17) is 28.6 Å². The molecule has 1 saturated heterocycles. The molecule has 1 fully saturated rings. The van der Waals surface area contributed by atoms with Gasteiger partial charge in [-0.3, -0.25) is 4.98 Å². The van der Waals surface area contributed by atoms with Crippen LogP contribution in [0.3, 0.4) is 0 Å². The van der Waals surface area contributed by atoms with Crippen LogP contribution in [-0.4, -0.2) is 34.3 Å². The van der Waals surface area contributed by atoms with Gasteiger partial charge in [0.25, 0.3) is 0 Å². The fourth-order valence-corrected chi connectivity index (χ4v) is 3.08. The number of pyridine rings is 1. The van der Waals surface area contributed by atoms with E-state index in [2.05, 4.69) is 21.3 Å². The van der Waals surface area contributed by atoms with Gasteiger partial charge in [0.15, 0.2) is 5.11 Å². The van der Waals surface area contributed by atoms with Crippen LogP contribution in [-0.2, 0) is 11.3 Å². The number of aromatic nitrogens is 1. The summed E-state index contributed by atoms with van der Waals surface area (Å²) in [5, 5.41) is 4.67. The molecule has 6 heteroatoms. The summed E-state index contributed by atoms with van der Waals surface area (Å²) >= 11 is 11.6. The summed E-state index contributed by atoms with van der Waals surface area (Å²) in [6, 6.07) is 11.5. The van der Waals surface area contributed by atoms with Gasteiger partial charge in [0.05, 0.1) is 6.10 Å². The number of nitrogens with one attached hydrogen (secondary N) is 1. The number of anilines is 1. The van der Waals surface area contributed by atoms with Gasteiger partial charge in [-0.15, -0.1) is 0 Å². The largest absolute Gasteiger partial charge is 0.376 e. The van der Waals surface area contributed by atoms with Crippen LogP contribution in [0.2, 0.25) is 5.02 Å². The molecule has 2 aromatic rings. The summed E-state index contributed by atoms with van der Waals surface area (Å²) in [4.78, 5) is 6.32. The van der Waals surface area contributed by atoms with Crippen LogP contribution in [0.15, 0.2) is 48.8 Å². The van der Waals surface area contributed by atoms with E-state index in [-0.39, 0.29) is 6.10 Å². The lowest BCUT2D eigenvalue weighted by Gasteiger charge is -2.28. The van der Waals surface area contributed by atoms with Crippen molar-refractivity contribution in [3.05, 3.63) is 59.4 Å². The molecule has 2 heterocycles. The average Bonchev–Trinajstić information content (AvgIpc) is 3.10. The maximum atomic E-state index is 5.94. The van der Waals surface area contributed by atoms with E-state index in [0.29, 0.717) is 16.7 Å². The molecular formula is C18H20ClN3OS. The highest BCUT2D eigenvalue weighted by atomic mass is 35.5. The standard InChI is InChI=1S/C18H20ClN3OS/c19-15-5-7-16(8-6-15)21-18(24)22(13-17-4-2-10-23-17)12-14-3-1-9-20-11-14/h1,3,5-9,11,17H,2,4,10,12-13H2,(H,21,24). The maximum Gasteiger partial charge on any atom is 0.173 e. The summed E-state index contributed by atoms with van der Waals surface area (Å²) in [6.45, 7) is 2.31. The number of hydrogen-bond donors (Lipinski definition) is 1. The molecule has 0 radical (unpaired) electrons. The molecule has 1 aromatic heterocycles. The van der Waals surface area contributed by atoms with Gasteiger partial charge in [-0.25, -0.2) is 0 Å². The maximum absolute atomic E-state index is 5.94. The van der Waals surface area contributed by atoms with Crippen LogP contribution in [0.1, 0.15) is 18.4 Å². The molecule has 1 N–H and O–H groups in total. The number of rotatable bonds is 5. The van der Waals surface area contributed by atoms with Gasteiger partial charge < -0.3 is 15.0 Å². The first kappa shape index (κ1) is 17.1. The Labute approximate surface area is 152 Å². The lowest BCUT2D eigenvalue weighted by Crippen LogP contribution is -2.39. The molecule has 1 aromatic carbocycles. The molecular weight excluding hydrogens is 342 g/mol. The quantitative estimate of drug-likeness (QED) is 0.811. The number of hydrogen-bond acceptors (Lipinski definition) is 3. The van der Waals surface area contributed by atoms with Gasteiger partial charge in [0.2, 0.25) is 0 Å². The van der Waals surface area contributed by atoms with Crippen molar-refractivity contribution < 1.29 is 4.74 Å². The second-order valence-electron chi connectivity index (χ2n) is 5.81. The van der Waals surface area contributed by atoms with Gasteiger partial charge >= 0.3 is 0 Å². The lowest BCUT2D eigenvalue weighted by molar-refractivity contribution is 0.0905. The van der Waals surface area contributed by atoms with E-state index in [1.54, 1.807) is 6.20 Å². The molecule has 0 spiro atoms. The van der Waals surface area contributed by atoms with E-state index >= 15 is 0 Å². The summed E-state index contributed by atoms with van der Waals surface area (Å²) < 4.78 is 5.78. The van der Waals surface area contributed by atoms with Crippen LogP contribution >= 0.6 is 23.8 Å². The number of halogens is 1. The first-order valence-electron chi connectivity index (χ1n) is 8.03. The Hall–Kier alpha value is -1.69. The van der Waals surface area contributed by atoms with Gasteiger partial charge in [-0.05, 0) is 61.0 Å². The van der Waals surface area contributed by atoms with E-state index in [9.17, 15) is 0 Å². The Balaban J connectivity index is 1.69. The van der Waals surface area contributed by atoms with Crippen LogP contribution < -0.4 is 5.32 Å². The Morgan fingerprint density at radius 1 is 1.33 bits per heavy atom. The SMILES string of the molecule is S=C(Nc1ccc(Cl)cc1)N(Cc1cccnc1)CC1CCCO1. The third-order valence-electron chi connectivity index (χ3n) is 3.93. The summed E-state index contributed by atoms with van der Waals surface area (Å²) in [5.41, 5.74) is 2.05. The lowest BCUT2D eigenvalue weighted by atomic mass is 10.2. The topological polar surface area (TPSA) is 37.4 Å². The monoisotopic (exact) mass is 361 g/mol. The van der Waals surface area contributed by atoms with Crippen LogP contribution in [0.4, 0.5) is 5.69 Å². The molecule has 0 saturated carbocycles. The normalized spacial score (nSPS) is 16.8. The zero-order valence-corrected chi connectivity index (χ0v) is 14.9. The number of thiocarbonyl (C=S) groups is 1. The van der Waals surface area contributed by atoms with Crippen molar-refractivity contribution in [2.45, 2.75) is 25.5 Å². The van der Waals surface area contributed by atoms with Crippen molar-refractivity contribution in [1.82, 2.24) is 9.88 Å². The average molecular weight is 362 g/mol. The zero-order valence-electron chi connectivity index (χ0n) is 13.3. The highest BCUT2D eigenvalue weighted by Crippen LogP contribution is 2.18. The van der Waals surface area contributed by atoms with Crippen LogP contribution in [0.5, 0.6) is 0 Å². The van der Waals surface area contributed by atoms with E-state index in [1.165, 1.54) is 0 Å². The van der Waals surface area contributed by atoms with Crippen molar-refractivity contribution >= 4 is 34.6 Å². The third-order valence-corrected chi connectivity index (χ3v) is 4.54. The minimum Gasteiger partial charge on any atom is -0.376 e. The molecule has 1 atom stereocenters. The van der Waals surface area contributed by atoms with Crippen molar-refractivity contribution in [2.75, 3.05) is 18.5 Å². The van der Waals surface area contributed by atoms with Gasteiger partial charge in [0.1, 0.15) is 0 Å². The second kappa shape index (κ2) is 8.42. The number of nitrogens with zero attached hydrogens (tertiary/aromatic N) is 2. The molecule has 3 rings (SSSR count). The predicted molar refractivity (Wildman–Crippen MR) is 101 cm³/mol. The van der Waals surface area contributed by atoms with Gasteiger partial charge in [0, 0.05) is 42.8 Å². The minimum absolute atomic E-state index is 0.228. The molecule has 0 aliphatic carbocycles. The fraction of sp³-hybridized carbons (Fsp3) is 0.333. The summed E-state index contributed by atoms with van der Waals surface area (Å²) in [7, 11) is 0. The van der Waals surface area contributed by atoms with E-state index in [0.717, 1.165) is 37.2 Å². The molecule has 4 nitrogen and oxygen atoms in total. The molecule has 0 amide bonds. The Kier molecular flexibility index (Phi) is 6.01. The highest BCUT2D eigenvalue weighted by molar-refractivity contribution is 7.80. The molecule has 1 aliphatic rings. The first-order valence-corrected chi connectivity index (χ1v) is 8.81. The Morgan fingerprint density at radius 2 is 2.17 bits per heavy atom. The van der Waals surface area contributed by atoms with E-state index in [1.807, 2.05) is 36.5 Å². The van der Waals surface area contributed by atoms with Crippen LogP contribution in [0.25, 0.3) is 0 Å².